The summed E-state index contributed by atoms with van der Waals surface area (Å²) in [6.07, 6.45) is 9.26. The molecule has 0 unspecified atom stereocenters. The van der Waals surface area contributed by atoms with Crippen LogP contribution >= 0.6 is 11.8 Å². The van der Waals surface area contributed by atoms with Crippen LogP contribution in [0.25, 0.3) is 17.0 Å². The van der Waals surface area contributed by atoms with Crippen molar-refractivity contribution < 1.29 is 0 Å². The van der Waals surface area contributed by atoms with E-state index in [0.717, 1.165) is 17.7 Å². The first-order chi connectivity index (χ1) is 10.9. The van der Waals surface area contributed by atoms with Crippen molar-refractivity contribution in [1.82, 2.24) is 29.7 Å². The molecule has 4 heterocycles. The first kappa shape index (κ1) is 13.4. The van der Waals surface area contributed by atoms with Gasteiger partial charge in [0.2, 0.25) is 0 Å². The van der Waals surface area contributed by atoms with E-state index < -0.39 is 0 Å². The van der Waals surface area contributed by atoms with Gasteiger partial charge < -0.3 is 5.32 Å². The molecule has 1 aliphatic rings. The van der Waals surface area contributed by atoms with Crippen LogP contribution < -0.4 is 5.32 Å². The summed E-state index contributed by atoms with van der Waals surface area (Å²) in [5, 5.41) is 9.33. The van der Waals surface area contributed by atoms with Gasteiger partial charge >= 0.3 is 0 Å². The third-order valence-corrected chi connectivity index (χ3v) is 5.03. The molecule has 22 heavy (non-hydrogen) atoms. The summed E-state index contributed by atoms with van der Waals surface area (Å²) < 4.78 is 1.63. The second-order valence-electron chi connectivity index (χ2n) is 5.08. The van der Waals surface area contributed by atoms with Gasteiger partial charge in [-0.05, 0) is 24.7 Å². The number of hydrogen-bond acceptors (Lipinski definition) is 7. The largest absolute Gasteiger partial charge is 0.368 e. The van der Waals surface area contributed by atoms with Gasteiger partial charge in [-0.3, -0.25) is 0 Å². The van der Waals surface area contributed by atoms with Gasteiger partial charge in [0.25, 0.3) is 5.95 Å². The fraction of sp³-hybridized carbons (Fsp3) is 0.357. The second kappa shape index (κ2) is 5.88. The molecule has 112 valence electrons. The van der Waals surface area contributed by atoms with Crippen LogP contribution in [0.15, 0.2) is 31.0 Å². The van der Waals surface area contributed by atoms with Crippen LogP contribution in [-0.2, 0) is 0 Å². The Balaban J connectivity index is 1.65. The number of aromatic nitrogens is 6. The minimum atomic E-state index is 0.508. The highest BCUT2D eigenvalue weighted by molar-refractivity contribution is 8.00. The topological polar surface area (TPSA) is 81.4 Å². The first-order valence-corrected chi connectivity index (χ1v) is 8.28. The van der Waals surface area contributed by atoms with Crippen LogP contribution in [0, 0.1) is 0 Å². The zero-order valence-electron chi connectivity index (χ0n) is 11.9. The van der Waals surface area contributed by atoms with Crippen LogP contribution in [-0.4, -0.2) is 47.3 Å². The van der Waals surface area contributed by atoms with Gasteiger partial charge in [-0.1, -0.05) is 0 Å². The van der Waals surface area contributed by atoms with Crippen molar-refractivity contribution >= 4 is 28.6 Å². The molecule has 1 aliphatic heterocycles. The zero-order chi connectivity index (χ0) is 14.8. The first-order valence-electron chi connectivity index (χ1n) is 7.23. The van der Waals surface area contributed by atoms with Crippen LogP contribution in [0.2, 0.25) is 0 Å². The Morgan fingerprint density at radius 1 is 1.23 bits per heavy atom. The molecule has 7 nitrogen and oxygen atoms in total. The van der Waals surface area contributed by atoms with E-state index in [-0.39, 0.29) is 0 Å². The standard InChI is InChI=1S/C14H15N7S/c1-3-10(22-6-1)7-17-12-11-8-20-21(13(11)19-9-18-12)14-15-4-2-5-16-14/h2,4-5,8-10H,1,3,6-7H2,(H,17,18,19)/t10-/m1/s1. The molecule has 3 aromatic rings. The summed E-state index contributed by atoms with van der Waals surface area (Å²) in [5.74, 6) is 2.59. The highest BCUT2D eigenvalue weighted by Gasteiger charge is 2.17. The number of nitrogens with zero attached hydrogens (tertiary/aromatic N) is 6. The number of hydrogen-bond donors (Lipinski definition) is 1. The Kier molecular flexibility index (Phi) is 3.59. The molecular weight excluding hydrogens is 298 g/mol. The smallest absolute Gasteiger partial charge is 0.252 e. The minimum Gasteiger partial charge on any atom is -0.368 e. The highest BCUT2D eigenvalue weighted by Crippen LogP contribution is 2.27. The van der Waals surface area contributed by atoms with Crippen molar-refractivity contribution in [3.63, 3.8) is 0 Å². The molecular formula is C14H15N7S. The molecule has 0 saturated carbocycles. The van der Waals surface area contributed by atoms with Crippen LogP contribution in [0.3, 0.4) is 0 Å². The van der Waals surface area contributed by atoms with Crippen molar-refractivity contribution in [1.29, 1.82) is 0 Å². The lowest BCUT2D eigenvalue weighted by atomic mass is 10.2. The molecule has 8 heteroatoms. The van der Waals surface area contributed by atoms with Crippen molar-refractivity contribution in [2.45, 2.75) is 18.1 Å². The van der Waals surface area contributed by atoms with E-state index in [0.29, 0.717) is 16.8 Å². The molecule has 1 fully saturated rings. The monoisotopic (exact) mass is 313 g/mol. The van der Waals surface area contributed by atoms with Crippen LogP contribution in [0.1, 0.15) is 12.8 Å². The molecule has 0 aliphatic carbocycles. The summed E-state index contributed by atoms with van der Waals surface area (Å²) in [7, 11) is 0. The average Bonchev–Trinajstić information content (AvgIpc) is 3.23. The van der Waals surface area contributed by atoms with Gasteiger partial charge in [-0.15, -0.1) is 0 Å². The van der Waals surface area contributed by atoms with Crippen molar-refractivity contribution in [3.05, 3.63) is 31.0 Å². The Bertz CT molecular complexity index is 767. The van der Waals surface area contributed by atoms with Crippen molar-refractivity contribution in [2.75, 3.05) is 17.6 Å². The van der Waals surface area contributed by atoms with E-state index in [1.807, 2.05) is 11.8 Å². The molecule has 0 aromatic carbocycles. The van der Waals surface area contributed by atoms with Gasteiger partial charge in [-0.2, -0.15) is 21.5 Å². The quantitative estimate of drug-likeness (QED) is 0.788. The molecule has 4 rings (SSSR count). The Labute approximate surface area is 131 Å². The molecule has 1 N–H and O–H groups in total. The Hall–Kier alpha value is -2.22. The van der Waals surface area contributed by atoms with E-state index in [1.54, 1.807) is 35.7 Å². The fourth-order valence-corrected chi connectivity index (χ4v) is 3.75. The maximum absolute atomic E-state index is 4.35. The van der Waals surface area contributed by atoms with E-state index in [4.69, 9.17) is 0 Å². The second-order valence-corrected chi connectivity index (χ2v) is 6.49. The third kappa shape index (κ3) is 2.50. The lowest BCUT2D eigenvalue weighted by Gasteiger charge is -2.10. The molecule has 0 spiro atoms. The lowest BCUT2D eigenvalue weighted by Crippen LogP contribution is -2.14. The van der Waals surface area contributed by atoms with E-state index in [1.165, 1.54) is 18.6 Å². The van der Waals surface area contributed by atoms with Gasteiger partial charge in [-0.25, -0.2) is 19.9 Å². The van der Waals surface area contributed by atoms with Gasteiger partial charge in [0.15, 0.2) is 5.65 Å². The lowest BCUT2D eigenvalue weighted by molar-refractivity contribution is 0.803. The number of rotatable bonds is 4. The maximum atomic E-state index is 4.35. The van der Waals surface area contributed by atoms with Gasteiger partial charge in [0.1, 0.15) is 12.1 Å². The molecule has 0 amide bonds. The van der Waals surface area contributed by atoms with E-state index in [2.05, 4.69) is 30.4 Å². The average molecular weight is 313 g/mol. The van der Waals surface area contributed by atoms with E-state index >= 15 is 0 Å². The summed E-state index contributed by atoms with van der Waals surface area (Å²) in [4.78, 5) is 17.1. The summed E-state index contributed by atoms with van der Waals surface area (Å²) in [6.45, 7) is 0.920. The fourth-order valence-electron chi connectivity index (χ4n) is 2.55. The summed E-state index contributed by atoms with van der Waals surface area (Å²) in [5.41, 5.74) is 0.711. The minimum absolute atomic E-state index is 0.508. The van der Waals surface area contributed by atoms with Gasteiger partial charge in [0.05, 0.1) is 11.6 Å². The Morgan fingerprint density at radius 2 is 2.14 bits per heavy atom. The molecule has 1 atom stereocenters. The highest BCUT2D eigenvalue weighted by atomic mass is 32.2. The molecule has 3 aromatic heterocycles. The third-order valence-electron chi connectivity index (χ3n) is 3.63. The normalized spacial score (nSPS) is 17.9. The predicted molar refractivity (Wildman–Crippen MR) is 86.2 cm³/mol. The molecule has 0 radical (unpaired) electrons. The summed E-state index contributed by atoms with van der Waals surface area (Å²) in [6, 6.07) is 1.77. The molecule has 1 saturated heterocycles. The zero-order valence-corrected chi connectivity index (χ0v) is 12.7. The predicted octanol–water partition coefficient (Wildman–Crippen LogP) is 1.91. The van der Waals surface area contributed by atoms with Crippen molar-refractivity contribution in [2.24, 2.45) is 0 Å². The number of thioether (sulfide) groups is 1. The van der Waals surface area contributed by atoms with Crippen LogP contribution in [0.4, 0.5) is 5.82 Å². The van der Waals surface area contributed by atoms with Crippen LogP contribution in [0.5, 0.6) is 0 Å². The SMILES string of the molecule is c1cnc(-n2ncc3c(NC[C@H]4CCCS4)ncnc32)nc1. The van der Waals surface area contributed by atoms with Crippen molar-refractivity contribution in [3.8, 4) is 5.95 Å². The summed E-state index contributed by atoms with van der Waals surface area (Å²) >= 11 is 2.02. The number of anilines is 1. The number of nitrogens with one attached hydrogen (secondary N) is 1. The van der Waals surface area contributed by atoms with Gasteiger partial charge in [0, 0.05) is 24.2 Å². The molecule has 0 bridgehead atoms. The van der Waals surface area contributed by atoms with E-state index in [9.17, 15) is 0 Å². The number of fused-ring (bicyclic) bond motifs is 1. The Morgan fingerprint density at radius 3 is 2.95 bits per heavy atom. The maximum Gasteiger partial charge on any atom is 0.252 e.